The maximum absolute atomic E-state index is 5.75. The lowest BCUT2D eigenvalue weighted by atomic mass is 10.2. The lowest BCUT2D eigenvalue weighted by Gasteiger charge is -2.14. The Kier molecular flexibility index (Phi) is 6.39. The van der Waals surface area contributed by atoms with Gasteiger partial charge in [-0.05, 0) is 20.0 Å². The van der Waals surface area contributed by atoms with Crippen LogP contribution in [0.4, 0.5) is 0 Å². The van der Waals surface area contributed by atoms with E-state index in [0.29, 0.717) is 6.04 Å². The highest BCUT2D eigenvalue weighted by atomic mass is 16.5. The van der Waals surface area contributed by atoms with Crippen LogP contribution in [-0.4, -0.2) is 38.3 Å². The molecule has 0 unspecified atom stereocenters. The summed E-state index contributed by atoms with van der Waals surface area (Å²) in [5, 5.41) is 3.36. The third kappa shape index (κ3) is 5.21. The fourth-order valence-corrected chi connectivity index (χ4v) is 1.75. The van der Waals surface area contributed by atoms with Crippen molar-refractivity contribution in [3.05, 3.63) is 23.2 Å². The Hall–Kier alpha value is -0.840. The van der Waals surface area contributed by atoms with Gasteiger partial charge in [0.05, 0.1) is 13.2 Å². The third-order valence-corrected chi connectivity index (χ3v) is 2.87. The Labute approximate surface area is 110 Å². The summed E-state index contributed by atoms with van der Waals surface area (Å²) >= 11 is 0. The minimum absolute atomic E-state index is 0.475. The summed E-state index contributed by atoms with van der Waals surface area (Å²) in [5.41, 5.74) is 1.26. The molecule has 0 saturated heterocycles. The van der Waals surface area contributed by atoms with Crippen LogP contribution >= 0.6 is 0 Å². The van der Waals surface area contributed by atoms with Crippen LogP contribution < -0.4 is 5.32 Å². The largest absolute Gasteiger partial charge is 0.465 e. The fraction of sp³-hybridized carbons (Fsp3) is 0.714. The maximum Gasteiger partial charge on any atom is 0.118 e. The van der Waals surface area contributed by atoms with Gasteiger partial charge in [-0.1, -0.05) is 13.8 Å². The number of furan rings is 1. The summed E-state index contributed by atoms with van der Waals surface area (Å²) in [6, 6.07) is 2.62. The second kappa shape index (κ2) is 7.56. The van der Waals surface area contributed by atoms with Gasteiger partial charge in [0, 0.05) is 31.8 Å². The van der Waals surface area contributed by atoms with Crippen molar-refractivity contribution in [2.24, 2.45) is 0 Å². The molecule has 1 aromatic heterocycles. The minimum atomic E-state index is 0.475. The molecule has 104 valence electrons. The molecule has 0 aliphatic carbocycles. The van der Waals surface area contributed by atoms with E-state index in [1.54, 1.807) is 7.11 Å². The zero-order valence-electron chi connectivity index (χ0n) is 12.2. The van der Waals surface area contributed by atoms with Crippen molar-refractivity contribution in [1.29, 1.82) is 0 Å². The van der Waals surface area contributed by atoms with E-state index >= 15 is 0 Å². The van der Waals surface area contributed by atoms with Crippen LogP contribution in [-0.2, 0) is 17.8 Å². The van der Waals surface area contributed by atoms with Crippen molar-refractivity contribution >= 4 is 0 Å². The molecule has 0 aliphatic rings. The van der Waals surface area contributed by atoms with E-state index in [2.05, 4.69) is 37.2 Å². The molecular weight excluding hydrogens is 228 g/mol. The summed E-state index contributed by atoms with van der Waals surface area (Å²) in [5.74, 6) is 2.02. The molecule has 0 bridgehead atoms. The van der Waals surface area contributed by atoms with Gasteiger partial charge in [0.25, 0.3) is 0 Å². The first-order chi connectivity index (χ1) is 8.52. The highest BCUT2D eigenvalue weighted by molar-refractivity contribution is 5.20. The molecule has 0 spiro atoms. The predicted molar refractivity (Wildman–Crippen MR) is 73.6 cm³/mol. The topological polar surface area (TPSA) is 37.6 Å². The Morgan fingerprint density at radius 3 is 2.78 bits per heavy atom. The lowest BCUT2D eigenvalue weighted by molar-refractivity contribution is 0.158. The number of hydrogen-bond donors (Lipinski definition) is 1. The van der Waals surface area contributed by atoms with E-state index in [1.807, 2.05) is 6.92 Å². The average molecular weight is 254 g/mol. The first kappa shape index (κ1) is 15.2. The lowest BCUT2D eigenvalue weighted by Crippen LogP contribution is -2.22. The second-order valence-electron chi connectivity index (χ2n) is 5.06. The van der Waals surface area contributed by atoms with E-state index in [9.17, 15) is 0 Å². The number of nitrogens with one attached hydrogen (secondary N) is 1. The molecule has 4 heteroatoms. The van der Waals surface area contributed by atoms with Crippen molar-refractivity contribution in [2.45, 2.75) is 39.9 Å². The molecule has 4 nitrogen and oxygen atoms in total. The Bertz CT molecular complexity index is 348. The van der Waals surface area contributed by atoms with Crippen LogP contribution in [0.15, 0.2) is 10.5 Å². The van der Waals surface area contributed by atoms with Crippen LogP contribution in [0.25, 0.3) is 0 Å². The molecule has 18 heavy (non-hydrogen) atoms. The molecule has 1 aromatic rings. The normalized spacial score (nSPS) is 11.7. The Morgan fingerprint density at radius 1 is 1.44 bits per heavy atom. The molecule has 0 radical (unpaired) electrons. The summed E-state index contributed by atoms with van der Waals surface area (Å²) in [6.07, 6.45) is 0. The van der Waals surface area contributed by atoms with Crippen LogP contribution in [0.2, 0.25) is 0 Å². The quantitative estimate of drug-likeness (QED) is 0.771. The van der Waals surface area contributed by atoms with Crippen molar-refractivity contribution in [2.75, 3.05) is 27.3 Å². The van der Waals surface area contributed by atoms with Crippen LogP contribution in [0.5, 0.6) is 0 Å². The zero-order valence-corrected chi connectivity index (χ0v) is 12.2. The van der Waals surface area contributed by atoms with E-state index < -0.39 is 0 Å². The molecule has 0 saturated carbocycles. The highest BCUT2D eigenvalue weighted by Gasteiger charge is 2.09. The first-order valence-corrected chi connectivity index (χ1v) is 6.52. The van der Waals surface area contributed by atoms with E-state index in [-0.39, 0.29) is 0 Å². The van der Waals surface area contributed by atoms with Gasteiger partial charge in [0.15, 0.2) is 0 Å². The van der Waals surface area contributed by atoms with Crippen LogP contribution in [0.3, 0.4) is 0 Å². The smallest absolute Gasteiger partial charge is 0.118 e. The van der Waals surface area contributed by atoms with Gasteiger partial charge in [0.1, 0.15) is 11.5 Å². The average Bonchev–Trinajstić information content (AvgIpc) is 2.65. The molecule has 1 rings (SSSR count). The highest BCUT2D eigenvalue weighted by Crippen LogP contribution is 2.16. The summed E-state index contributed by atoms with van der Waals surface area (Å²) < 4.78 is 10.8. The fourth-order valence-electron chi connectivity index (χ4n) is 1.75. The van der Waals surface area contributed by atoms with E-state index in [4.69, 9.17) is 9.15 Å². The van der Waals surface area contributed by atoms with Gasteiger partial charge < -0.3 is 14.5 Å². The van der Waals surface area contributed by atoms with Crippen LogP contribution in [0, 0.1) is 6.92 Å². The standard InChI is InChI=1S/C14H26N2O2/c1-11(2)15-9-14-8-13(12(3)18-14)10-16(4)6-7-17-5/h8,11,15H,6-7,9-10H2,1-5H3. The first-order valence-electron chi connectivity index (χ1n) is 6.52. The number of rotatable bonds is 8. The number of aryl methyl sites for hydroxylation is 1. The summed E-state index contributed by atoms with van der Waals surface area (Å²) in [4.78, 5) is 2.24. The van der Waals surface area contributed by atoms with Crippen molar-refractivity contribution in [3.63, 3.8) is 0 Å². The molecule has 0 amide bonds. The van der Waals surface area contributed by atoms with Gasteiger partial charge in [0.2, 0.25) is 0 Å². The Morgan fingerprint density at radius 2 is 2.17 bits per heavy atom. The molecular formula is C14H26N2O2. The minimum Gasteiger partial charge on any atom is -0.465 e. The number of methoxy groups -OCH3 is 1. The zero-order chi connectivity index (χ0) is 13.5. The monoisotopic (exact) mass is 254 g/mol. The van der Waals surface area contributed by atoms with Gasteiger partial charge in [-0.3, -0.25) is 4.90 Å². The Balaban J connectivity index is 2.50. The second-order valence-corrected chi connectivity index (χ2v) is 5.06. The van der Waals surface area contributed by atoms with Crippen molar-refractivity contribution in [3.8, 4) is 0 Å². The molecule has 0 aromatic carbocycles. The molecule has 0 atom stereocenters. The van der Waals surface area contributed by atoms with Gasteiger partial charge in [-0.25, -0.2) is 0 Å². The van der Waals surface area contributed by atoms with E-state index in [1.165, 1.54) is 5.56 Å². The summed E-state index contributed by atoms with van der Waals surface area (Å²) in [6.45, 7) is 9.68. The molecule has 1 N–H and O–H groups in total. The number of nitrogens with zero attached hydrogens (tertiary/aromatic N) is 1. The number of ether oxygens (including phenoxy) is 1. The van der Waals surface area contributed by atoms with Gasteiger partial charge in [-0.2, -0.15) is 0 Å². The van der Waals surface area contributed by atoms with E-state index in [0.717, 1.165) is 37.8 Å². The van der Waals surface area contributed by atoms with Gasteiger partial charge in [-0.15, -0.1) is 0 Å². The molecule has 1 heterocycles. The summed E-state index contributed by atoms with van der Waals surface area (Å²) in [7, 11) is 3.82. The van der Waals surface area contributed by atoms with Crippen molar-refractivity contribution in [1.82, 2.24) is 10.2 Å². The predicted octanol–water partition coefficient (Wildman–Crippen LogP) is 2.16. The van der Waals surface area contributed by atoms with Crippen molar-refractivity contribution < 1.29 is 9.15 Å². The molecule has 0 fully saturated rings. The SMILES string of the molecule is COCCN(C)Cc1cc(CNC(C)C)oc1C. The third-order valence-electron chi connectivity index (χ3n) is 2.87. The maximum atomic E-state index is 5.75. The molecule has 0 aliphatic heterocycles. The number of likely N-dealkylation sites (N-methyl/N-ethyl adjacent to an activating group) is 1. The van der Waals surface area contributed by atoms with Gasteiger partial charge >= 0.3 is 0 Å². The van der Waals surface area contributed by atoms with Crippen LogP contribution in [0.1, 0.15) is 30.9 Å². The number of hydrogen-bond acceptors (Lipinski definition) is 4.